The van der Waals surface area contributed by atoms with E-state index >= 15 is 0 Å². The zero-order valence-corrected chi connectivity index (χ0v) is 19.4. The minimum atomic E-state index is -3.73. The summed E-state index contributed by atoms with van der Waals surface area (Å²) in [5.74, 6) is -0.262. The summed E-state index contributed by atoms with van der Waals surface area (Å²) in [6.45, 7) is 1.90. The van der Waals surface area contributed by atoms with Gasteiger partial charge in [0.15, 0.2) is 0 Å². The summed E-state index contributed by atoms with van der Waals surface area (Å²) >= 11 is 0. The van der Waals surface area contributed by atoms with Crippen LogP contribution >= 0.6 is 0 Å². The molecule has 3 aromatic rings. The lowest BCUT2D eigenvalue weighted by Crippen LogP contribution is -2.32. The lowest BCUT2D eigenvalue weighted by molar-refractivity contribution is 0.0785. The summed E-state index contributed by atoms with van der Waals surface area (Å²) in [7, 11) is -2.04. The topological polar surface area (TPSA) is 93.5 Å². The SMILES string of the molecule is CN(Cc1cnn(Cc2ccccc2)c1)C(=O)c1cccc(S(=O)(=O)NCC2CCCO2)c1. The van der Waals surface area contributed by atoms with Gasteiger partial charge in [-0.3, -0.25) is 9.48 Å². The summed E-state index contributed by atoms with van der Waals surface area (Å²) < 4.78 is 35.2. The summed E-state index contributed by atoms with van der Waals surface area (Å²) in [6.07, 6.45) is 5.33. The first kappa shape index (κ1) is 23.2. The van der Waals surface area contributed by atoms with Crippen molar-refractivity contribution in [3.05, 3.63) is 83.7 Å². The van der Waals surface area contributed by atoms with Crippen LogP contribution in [0.25, 0.3) is 0 Å². The Hall–Kier alpha value is -3.01. The van der Waals surface area contributed by atoms with E-state index in [4.69, 9.17) is 4.74 Å². The van der Waals surface area contributed by atoms with Gasteiger partial charge in [-0.2, -0.15) is 5.10 Å². The molecule has 0 saturated carbocycles. The van der Waals surface area contributed by atoms with Crippen molar-refractivity contribution in [2.75, 3.05) is 20.2 Å². The first-order valence-corrected chi connectivity index (χ1v) is 12.4. The van der Waals surface area contributed by atoms with E-state index in [-0.39, 0.29) is 23.5 Å². The molecule has 1 aliphatic heterocycles. The molecular weight excluding hydrogens is 440 g/mol. The van der Waals surface area contributed by atoms with E-state index in [1.165, 1.54) is 12.1 Å². The predicted molar refractivity (Wildman–Crippen MR) is 124 cm³/mol. The fraction of sp³-hybridized carbons (Fsp3) is 0.333. The van der Waals surface area contributed by atoms with E-state index in [2.05, 4.69) is 9.82 Å². The second kappa shape index (κ2) is 10.3. The molecular formula is C24H28N4O4S. The van der Waals surface area contributed by atoms with Crippen LogP contribution in [-0.4, -0.2) is 55.3 Å². The van der Waals surface area contributed by atoms with Crippen molar-refractivity contribution in [2.45, 2.75) is 36.9 Å². The van der Waals surface area contributed by atoms with Crippen LogP contribution in [0.15, 0.2) is 71.9 Å². The number of hydrogen-bond acceptors (Lipinski definition) is 5. The average molecular weight is 469 g/mol. The van der Waals surface area contributed by atoms with Gasteiger partial charge in [0, 0.05) is 44.1 Å². The van der Waals surface area contributed by atoms with Crippen LogP contribution in [0.1, 0.15) is 34.3 Å². The van der Waals surface area contributed by atoms with Crippen molar-refractivity contribution in [2.24, 2.45) is 0 Å². The fourth-order valence-corrected chi connectivity index (χ4v) is 4.91. The number of rotatable bonds is 9. The third-order valence-electron chi connectivity index (χ3n) is 5.56. The predicted octanol–water partition coefficient (Wildman–Crippen LogP) is 2.66. The highest BCUT2D eigenvalue weighted by Crippen LogP contribution is 2.16. The summed E-state index contributed by atoms with van der Waals surface area (Å²) in [4.78, 5) is 14.6. The molecule has 1 amide bonds. The minimum Gasteiger partial charge on any atom is -0.377 e. The molecule has 2 heterocycles. The lowest BCUT2D eigenvalue weighted by Gasteiger charge is -2.17. The molecule has 1 atom stereocenters. The number of hydrogen-bond donors (Lipinski definition) is 1. The highest BCUT2D eigenvalue weighted by atomic mass is 32.2. The molecule has 0 spiro atoms. The van der Waals surface area contributed by atoms with E-state index in [9.17, 15) is 13.2 Å². The van der Waals surface area contributed by atoms with E-state index in [1.807, 2.05) is 41.2 Å². The monoisotopic (exact) mass is 468 g/mol. The molecule has 1 saturated heterocycles. The minimum absolute atomic E-state index is 0.0652. The number of benzene rings is 2. The van der Waals surface area contributed by atoms with Gasteiger partial charge in [0.1, 0.15) is 0 Å². The normalized spacial score (nSPS) is 16.1. The van der Waals surface area contributed by atoms with Gasteiger partial charge in [0.2, 0.25) is 10.0 Å². The number of nitrogens with one attached hydrogen (secondary N) is 1. The zero-order chi connectivity index (χ0) is 23.3. The van der Waals surface area contributed by atoms with Crippen LogP contribution < -0.4 is 4.72 Å². The van der Waals surface area contributed by atoms with Crippen LogP contribution in [0.2, 0.25) is 0 Å². The van der Waals surface area contributed by atoms with E-state index in [1.54, 1.807) is 30.3 Å². The van der Waals surface area contributed by atoms with Gasteiger partial charge < -0.3 is 9.64 Å². The van der Waals surface area contributed by atoms with Gasteiger partial charge in [-0.15, -0.1) is 0 Å². The Morgan fingerprint density at radius 2 is 2.00 bits per heavy atom. The molecule has 1 fully saturated rings. The highest BCUT2D eigenvalue weighted by molar-refractivity contribution is 7.89. The van der Waals surface area contributed by atoms with Gasteiger partial charge in [-0.05, 0) is 36.6 Å². The molecule has 33 heavy (non-hydrogen) atoms. The summed E-state index contributed by atoms with van der Waals surface area (Å²) in [6, 6.07) is 16.1. The Kier molecular flexibility index (Phi) is 7.22. The summed E-state index contributed by atoms with van der Waals surface area (Å²) in [5, 5.41) is 4.38. The van der Waals surface area contributed by atoms with E-state index in [0.717, 1.165) is 24.0 Å². The number of carbonyl (C=O) groups excluding carboxylic acids is 1. The summed E-state index contributed by atoms with van der Waals surface area (Å²) in [5.41, 5.74) is 2.35. The molecule has 0 bridgehead atoms. The molecule has 0 radical (unpaired) electrons. The zero-order valence-electron chi connectivity index (χ0n) is 18.6. The van der Waals surface area contributed by atoms with Crippen LogP contribution in [-0.2, 0) is 27.8 Å². The Bertz CT molecular complexity index is 1190. The van der Waals surface area contributed by atoms with Gasteiger partial charge in [-0.1, -0.05) is 36.4 Å². The molecule has 0 aliphatic carbocycles. The second-order valence-electron chi connectivity index (χ2n) is 8.21. The van der Waals surface area contributed by atoms with Crippen molar-refractivity contribution >= 4 is 15.9 Å². The number of aromatic nitrogens is 2. The van der Waals surface area contributed by atoms with Crippen molar-refractivity contribution in [3.63, 3.8) is 0 Å². The van der Waals surface area contributed by atoms with Gasteiger partial charge in [-0.25, -0.2) is 13.1 Å². The molecule has 9 heteroatoms. The Morgan fingerprint density at radius 1 is 1.18 bits per heavy atom. The molecule has 4 rings (SSSR count). The maximum atomic E-state index is 13.0. The van der Waals surface area contributed by atoms with Crippen LogP contribution in [0, 0.1) is 0 Å². The molecule has 174 valence electrons. The number of carbonyl (C=O) groups is 1. The van der Waals surface area contributed by atoms with Crippen LogP contribution in [0.5, 0.6) is 0 Å². The quantitative estimate of drug-likeness (QED) is 0.521. The van der Waals surface area contributed by atoms with E-state index in [0.29, 0.717) is 25.3 Å². The van der Waals surface area contributed by atoms with Gasteiger partial charge in [0.05, 0.1) is 23.7 Å². The maximum Gasteiger partial charge on any atom is 0.253 e. The average Bonchev–Trinajstić information content (AvgIpc) is 3.50. The third-order valence-corrected chi connectivity index (χ3v) is 6.98. The smallest absolute Gasteiger partial charge is 0.253 e. The van der Waals surface area contributed by atoms with Gasteiger partial charge in [0.25, 0.3) is 5.91 Å². The van der Waals surface area contributed by atoms with Crippen LogP contribution in [0.3, 0.4) is 0 Å². The number of sulfonamides is 1. The van der Waals surface area contributed by atoms with Crippen molar-refractivity contribution < 1.29 is 17.9 Å². The number of ether oxygens (including phenoxy) is 1. The Morgan fingerprint density at radius 3 is 2.76 bits per heavy atom. The molecule has 1 aromatic heterocycles. The number of nitrogens with zero attached hydrogens (tertiary/aromatic N) is 3. The maximum absolute atomic E-state index is 13.0. The standard InChI is InChI=1S/C24H28N4O4S/c1-27(16-20-14-25-28(18-20)17-19-7-3-2-4-8-19)24(29)21-9-5-11-23(13-21)33(30,31)26-15-22-10-6-12-32-22/h2-5,7-9,11,13-14,18,22,26H,6,10,12,15-17H2,1H3. The lowest BCUT2D eigenvalue weighted by atomic mass is 10.2. The van der Waals surface area contributed by atoms with Crippen molar-refractivity contribution in [3.8, 4) is 0 Å². The molecule has 1 unspecified atom stereocenters. The van der Waals surface area contributed by atoms with E-state index < -0.39 is 10.0 Å². The molecule has 2 aromatic carbocycles. The fourth-order valence-electron chi connectivity index (χ4n) is 3.80. The molecule has 8 nitrogen and oxygen atoms in total. The first-order valence-electron chi connectivity index (χ1n) is 10.9. The third kappa shape index (κ3) is 6.07. The first-order chi connectivity index (χ1) is 15.9. The van der Waals surface area contributed by atoms with Crippen molar-refractivity contribution in [1.29, 1.82) is 0 Å². The van der Waals surface area contributed by atoms with Crippen LogP contribution in [0.4, 0.5) is 0 Å². The second-order valence-corrected chi connectivity index (χ2v) is 9.97. The number of amides is 1. The largest absolute Gasteiger partial charge is 0.377 e. The molecule has 1 aliphatic rings. The van der Waals surface area contributed by atoms with Gasteiger partial charge >= 0.3 is 0 Å². The Balaban J connectivity index is 1.38. The van der Waals surface area contributed by atoms with Crippen molar-refractivity contribution in [1.82, 2.24) is 19.4 Å². The Labute approximate surface area is 194 Å². The highest BCUT2D eigenvalue weighted by Gasteiger charge is 2.22. The molecule has 1 N–H and O–H groups in total.